The summed E-state index contributed by atoms with van der Waals surface area (Å²) >= 11 is 0. The van der Waals surface area contributed by atoms with Gasteiger partial charge in [0.15, 0.2) is 0 Å². The van der Waals surface area contributed by atoms with Crippen LogP contribution in [0.2, 0.25) is 0 Å². The fourth-order valence-corrected chi connectivity index (χ4v) is 9.61. The summed E-state index contributed by atoms with van der Waals surface area (Å²) in [4.78, 5) is 25.5. The van der Waals surface area contributed by atoms with E-state index in [4.69, 9.17) is 9.05 Å². The zero-order valence-corrected chi connectivity index (χ0v) is 47.4. The summed E-state index contributed by atoms with van der Waals surface area (Å²) < 4.78 is 23.3. The fourth-order valence-electron chi connectivity index (χ4n) is 8.89. The van der Waals surface area contributed by atoms with Gasteiger partial charge in [0.1, 0.15) is 13.2 Å². The van der Waals surface area contributed by atoms with Crippen molar-refractivity contribution < 1.29 is 32.9 Å². The maximum Gasteiger partial charge on any atom is 0.268 e. The number of aliphatic hydroxyl groups is 1. The van der Waals surface area contributed by atoms with Gasteiger partial charge in [-0.15, -0.1) is 0 Å². The molecule has 69 heavy (non-hydrogen) atoms. The SMILES string of the molecule is CCCCCC/C=C\C/C=C\CCCCCCCC(=O)NC(COP(=O)([O-])OCC[N+](C)(C)C)C(O)/C=C/CCCCCCCCCCCCCCCCCCCCCCCCCCCCCCC. The molecule has 3 atom stereocenters. The number of hydrogen-bond acceptors (Lipinski definition) is 6. The summed E-state index contributed by atoms with van der Waals surface area (Å²) in [7, 11) is 1.26. The Kier molecular flexibility index (Phi) is 50.7. The average Bonchev–Trinajstić information content (AvgIpc) is 3.31. The van der Waals surface area contributed by atoms with Crippen molar-refractivity contribution in [1.82, 2.24) is 5.32 Å². The van der Waals surface area contributed by atoms with Crippen LogP contribution >= 0.6 is 7.82 Å². The first kappa shape index (κ1) is 67.7. The van der Waals surface area contributed by atoms with Gasteiger partial charge in [-0.3, -0.25) is 9.36 Å². The molecule has 8 nitrogen and oxygen atoms in total. The van der Waals surface area contributed by atoms with Gasteiger partial charge in [0.2, 0.25) is 5.91 Å². The second kappa shape index (κ2) is 51.6. The van der Waals surface area contributed by atoms with Crippen molar-refractivity contribution in [2.75, 3.05) is 40.9 Å². The lowest BCUT2D eigenvalue weighted by atomic mass is 10.0. The summed E-state index contributed by atoms with van der Waals surface area (Å²) in [5, 5.41) is 13.9. The van der Waals surface area contributed by atoms with Crippen LogP contribution in [0.1, 0.15) is 290 Å². The zero-order chi connectivity index (χ0) is 50.6. The molecule has 0 aromatic heterocycles. The van der Waals surface area contributed by atoms with Crippen LogP contribution in [-0.4, -0.2) is 68.5 Å². The molecule has 0 radical (unpaired) electrons. The number of phosphoric ester groups is 1. The number of amides is 1. The van der Waals surface area contributed by atoms with Crippen molar-refractivity contribution in [3.8, 4) is 0 Å². The number of aliphatic hydroxyl groups excluding tert-OH is 1. The van der Waals surface area contributed by atoms with Crippen LogP contribution in [0, 0.1) is 0 Å². The molecule has 0 aromatic carbocycles. The quantitative estimate of drug-likeness (QED) is 0.0272. The number of nitrogens with one attached hydrogen (secondary N) is 1. The summed E-state index contributed by atoms with van der Waals surface area (Å²) in [5.41, 5.74) is 0. The van der Waals surface area contributed by atoms with E-state index in [9.17, 15) is 19.4 Å². The van der Waals surface area contributed by atoms with Crippen LogP contribution in [0.5, 0.6) is 0 Å². The van der Waals surface area contributed by atoms with E-state index in [1.165, 1.54) is 205 Å². The van der Waals surface area contributed by atoms with Gasteiger partial charge in [0.25, 0.3) is 7.82 Å². The van der Waals surface area contributed by atoms with Crippen molar-refractivity contribution in [2.24, 2.45) is 0 Å². The molecule has 0 aromatic rings. The number of carbonyl (C=O) groups is 1. The molecule has 9 heteroatoms. The third-order valence-corrected chi connectivity index (χ3v) is 14.6. The number of allylic oxidation sites excluding steroid dienone is 5. The number of carbonyl (C=O) groups excluding carboxylic acids is 1. The van der Waals surface area contributed by atoms with Crippen LogP contribution in [0.3, 0.4) is 0 Å². The van der Waals surface area contributed by atoms with Gasteiger partial charge in [0, 0.05) is 6.42 Å². The molecule has 0 fully saturated rings. The van der Waals surface area contributed by atoms with Crippen molar-refractivity contribution in [2.45, 2.75) is 302 Å². The van der Waals surface area contributed by atoms with E-state index in [1.807, 2.05) is 27.2 Å². The predicted molar refractivity (Wildman–Crippen MR) is 298 cm³/mol. The molecule has 0 saturated heterocycles. The average molecular weight is 994 g/mol. The summed E-state index contributed by atoms with van der Waals surface area (Å²) in [6.07, 6.45) is 66.7. The standard InChI is InChI=1S/C60H117N2O6P/c1-6-8-10-12-14-16-18-20-22-24-25-26-27-28-29-30-31-32-33-34-35-36-37-38-39-41-43-45-47-49-51-53-59(63)58(57-68-69(65,66)67-56-55-62(3,4)5)61-60(64)54-52-50-48-46-44-42-40-23-21-19-17-15-13-11-9-7-2/h17,19,23,40,51,53,58-59,63H,6-16,18,20-22,24-39,41-50,52,54-57H2,1-5H3,(H-,61,64,65,66)/b19-17-,40-23-,53-51+. The highest BCUT2D eigenvalue weighted by molar-refractivity contribution is 7.45. The molecule has 3 unspecified atom stereocenters. The maximum absolute atomic E-state index is 12.9. The number of likely N-dealkylation sites (N-methyl/N-ethyl adjacent to an activating group) is 1. The summed E-state index contributed by atoms with van der Waals surface area (Å²) in [6, 6.07) is -0.894. The van der Waals surface area contributed by atoms with Crippen molar-refractivity contribution in [1.29, 1.82) is 0 Å². The van der Waals surface area contributed by atoms with E-state index in [-0.39, 0.29) is 19.1 Å². The van der Waals surface area contributed by atoms with Crippen LogP contribution in [0.4, 0.5) is 0 Å². The lowest BCUT2D eigenvalue weighted by molar-refractivity contribution is -0.870. The minimum atomic E-state index is -4.60. The molecule has 0 aliphatic carbocycles. The number of phosphoric acid groups is 1. The molecular formula is C60H117N2O6P. The summed E-state index contributed by atoms with van der Waals surface area (Å²) in [6.45, 7) is 4.65. The van der Waals surface area contributed by atoms with Crippen molar-refractivity contribution >= 4 is 13.7 Å². The lowest BCUT2D eigenvalue weighted by Crippen LogP contribution is -2.45. The minimum absolute atomic E-state index is 0.00364. The first-order valence-electron chi connectivity index (χ1n) is 29.9. The van der Waals surface area contributed by atoms with Gasteiger partial charge in [0.05, 0.1) is 39.9 Å². The number of hydrogen-bond donors (Lipinski definition) is 2. The monoisotopic (exact) mass is 993 g/mol. The highest BCUT2D eigenvalue weighted by Crippen LogP contribution is 2.38. The molecular weight excluding hydrogens is 876 g/mol. The van der Waals surface area contributed by atoms with Gasteiger partial charge in [-0.1, -0.05) is 269 Å². The Labute approximate surface area is 429 Å². The maximum atomic E-state index is 12.9. The first-order valence-corrected chi connectivity index (χ1v) is 31.3. The molecule has 0 rings (SSSR count). The fraction of sp³-hybridized carbons (Fsp3) is 0.883. The predicted octanol–water partition coefficient (Wildman–Crippen LogP) is 17.5. The third-order valence-electron chi connectivity index (χ3n) is 13.6. The van der Waals surface area contributed by atoms with Crippen molar-refractivity contribution in [3.63, 3.8) is 0 Å². The molecule has 0 aliphatic rings. The van der Waals surface area contributed by atoms with E-state index < -0.39 is 20.0 Å². The molecule has 2 N–H and O–H groups in total. The van der Waals surface area contributed by atoms with Crippen LogP contribution in [0.15, 0.2) is 36.5 Å². The number of quaternary nitrogens is 1. The molecule has 0 aliphatic heterocycles. The second-order valence-electron chi connectivity index (χ2n) is 21.7. The Balaban J connectivity index is 4.10. The largest absolute Gasteiger partial charge is 0.756 e. The van der Waals surface area contributed by atoms with Crippen molar-refractivity contribution in [3.05, 3.63) is 36.5 Å². The second-order valence-corrected chi connectivity index (χ2v) is 23.1. The van der Waals surface area contributed by atoms with Gasteiger partial charge < -0.3 is 28.8 Å². The van der Waals surface area contributed by atoms with E-state index in [1.54, 1.807) is 6.08 Å². The molecule has 408 valence electrons. The summed E-state index contributed by atoms with van der Waals surface area (Å²) in [5.74, 6) is -0.208. The molecule has 1 amide bonds. The lowest BCUT2D eigenvalue weighted by Gasteiger charge is -2.29. The van der Waals surface area contributed by atoms with Crippen LogP contribution < -0.4 is 10.2 Å². The highest BCUT2D eigenvalue weighted by Gasteiger charge is 2.23. The number of unbranched alkanes of at least 4 members (excludes halogenated alkanes) is 38. The Morgan fingerprint density at radius 3 is 1.22 bits per heavy atom. The Bertz CT molecular complexity index is 1220. The van der Waals surface area contributed by atoms with Gasteiger partial charge >= 0.3 is 0 Å². The number of rotatable bonds is 55. The minimum Gasteiger partial charge on any atom is -0.756 e. The van der Waals surface area contributed by atoms with E-state index >= 15 is 0 Å². The molecule has 0 spiro atoms. The van der Waals surface area contributed by atoms with Crippen LogP contribution in [0.25, 0.3) is 0 Å². The zero-order valence-electron chi connectivity index (χ0n) is 46.5. The number of nitrogens with zero attached hydrogens (tertiary/aromatic N) is 1. The normalized spacial score (nSPS) is 14.1. The Hall–Kier alpha value is -1.28. The van der Waals surface area contributed by atoms with Crippen LogP contribution in [-0.2, 0) is 18.4 Å². The van der Waals surface area contributed by atoms with E-state index in [0.717, 1.165) is 64.2 Å². The first-order chi connectivity index (χ1) is 33.5. The smallest absolute Gasteiger partial charge is 0.268 e. The molecule has 0 bridgehead atoms. The molecule has 0 saturated carbocycles. The van der Waals surface area contributed by atoms with Gasteiger partial charge in [-0.25, -0.2) is 0 Å². The Morgan fingerprint density at radius 1 is 0.507 bits per heavy atom. The topological polar surface area (TPSA) is 108 Å². The molecule has 0 heterocycles. The van der Waals surface area contributed by atoms with E-state index in [0.29, 0.717) is 17.4 Å². The highest BCUT2D eigenvalue weighted by atomic mass is 31.2. The van der Waals surface area contributed by atoms with Gasteiger partial charge in [-0.05, 0) is 51.4 Å². The van der Waals surface area contributed by atoms with Gasteiger partial charge in [-0.2, -0.15) is 0 Å². The third kappa shape index (κ3) is 54.3. The Morgan fingerprint density at radius 2 is 0.841 bits per heavy atom. The van der Waals surface area contributed by atoms with E-state index in [2.05, 4.69) is 43.5 Å².